The van der Waals surface area contributed by atoms with Gasteiger partial charge in [-0.1, -0.05) is 26.7 Å². The maximum absolute atomic E-state index is 12.2. The number of hydrogen-bond acceptors (Lipinski definition) is 3. The highest BCUT2D eigenvalue weighted by molar-refractivity contribution is 6.23. The summed E-state index contributed by atoms with van der Waals surface area (Å²) in [7, 11) is 0. The molecule has 2 rings (SSSR count). The first-order chi connectivity index (χ1) is 8.65. The molecule has 0 saturated carbocycles. The quantitative estimate of drug-likeness (QED) is 0.832. The van der Waals surface area contributed by atoms with Gasteiger partial charge in [-0.25, -0.2) is 0 Å². The Morgan fingerprint density at radius 3 is 2.50 bits per heavy atom. The third-order valence-corrected chi connectivity index (χ3v) is 4.29. The minimum atomic E-state index is 0.0982. The van der Waals surface area contributed by atoms with E-state index < -0.39 is 0 Å². The number of carbonyl (C=O) groups is 1. The zero-order valence-corrected chi connectivity index (χ0v) is 11.4. The van der Waals surface area contributed by atoms with Gasteiger partial charge in [-0.2, -0.15) is 0 Å². The largest absolute Gasteiger partial charge is 0.511 e. The first kappa shape index (κ1) is 13.3. The predicted octanol–water partition coefficient (Wildman–Crippen LogP) is 3.45. The highest BCUT2D eigenvalue weighted by Gasteiger charge is 2.31. The Labute approximate surface area is 109 Å². The van der Waals surface area contributed by atoms with Crippen LogP contribution in [-0.4, -0.2) is 23.1 Å². The van der Waals surface area contributed by atoms with E-state index in [0.29, 0.717) is 30.3 Å². The minimum absolute atomic E-state index is 0.0982. The van der Waals surface area contributed by atoms with Crippen LogP contribution in [0.5, 0.6) is 0 Å². The van der Waals surface area contributed by atoms with Crippen LogP contribution in [0.15, 0.2) is 16.3 Å². The van der Waals surface area contributed by atoms with Crippen molar-refractivity contribution in [2.75, 3.05) is 6.54 Å². The number of aliphatic hydroxyl groups excluding tert-OH is 1. The van der Waals surface area contributed by atoms with Crippen molar-refractivity contribution in [1.82, 2.24) is 0 Å². The lowest BCUT2D eigenvalue weighted by Crippen LogP contribution is -2.27. The standard InChI is InChI=1S/C15H23NO2/c1-3-10-5-6-16-12(7-10)15-13(17)8-11(4-2)9-14(15)18/h10-11,17H,3-9H2,1-2H3. The second kappa shape index (κ2) is 5.68. The lowest BCUT2D eigenvalue weighted by Gasteiger charge is -2.27. The van der Waals surface area contributed by atoms with Crippen LogP contribution in [0.25, 0.3) is 0 Å². The van der Waals surface area contributed by atoms with Gasteiger partial charge in [0.25, 0.3) is 0 Å². The summed E-state index contributed by atoms with van der Waals surface area (Å²) in [6, 6.07) is 0. The number of hydrogen-bond donors (Lipinski definition) is 1. The highest BCUT2D eigenvalue weighted by Crippen LogP contribution is 2.31. The molecule has 0 aromatic rings. The summed E-state index contributed by atoms with van der Waals surface area (Å²) in [5.74, 6) is 1.32. The number of allylic oxidation sites excluding steroid dienone is 2. The Morgan fingerprint density at radius 2 is 1.89 bits per heavy atom. The third kappa shape index (κ3) is 2.65. The molecule has 100 valence electrons. The molecule has 2 aliphatic rings. The molecule has 0 aromatic heterocycles. The van der Waals surface area contributed by atoms with E-state index in [9.17, 15) is 9.90 Å². The van der Waals surface area contributed by atoms with Crippen molar-refractivity contribution in [2.45, 2.75) is 52.4 Å². The van der Waals surface area contributed by atoms with Crippen molar-refractivity contribution in [3.8, 4) is 0 Å². The maximum atomic E-state index is 12.2. The molecule has 1 aliphatic heterocycles. The van der Waals surface area contributed by atoms with Crippen LogP contribution in [0.3, 0.4) is 0 Å². The molecule has 1 N–H and O–H groups in total. The van der Waals surface area contributed by atoms with Crippen LogP contribution in [0.1, 0.15) is 52.4 Å². The first-order valence-electron chi connectivity index (χ1n) is 7.14. The van der Waals surface area contributed by atoms with Gasteiger partial charge < -0.3 is 5.11 Å². The number of rotatable bonds is 3. The fourth-order valence-corrected chi connectivity index (χ4v) is 2.94. The molecule has 2 unspecified atom stereocenters. The Morgan fingerprint density at radius 1 is 1.17 bits per heavy atom. The highest BCUT2D eigenvalue weighted by atomic mass is 16.3. The lowest BCUT2D eigenvalue weighted by molar-refractivity contribution is -0.116. The molecule has 0 amide bonds. The molecule has 0 spiro atoms. The summed E-state index contributed by atoms with van der Waals surface area (Å²) in [4.78, 5) is 16.7. The number of aliphatic hydroxyl groups is 1. The average molecular weight is 249 g/mol. The molecule has 1 aliphatic carbocycles. The van der Waals surface area contributed by atoms with Crippen molar-refractivity contribution in [3.05, 3.63) is 11.3 Å². The molecule has 0 saturated heterocycles. The van der Waals surface area contributed by atoms with Gasteiger partial charge >= 0.3 is 0 Å². The number of ketones is 1. The van der Waals surface area contributed by atoms with Gasteiger partial charge in [0.05, 0.1) is 5.57 Å². The summed E-state index contributed by atoms with van der Waals surface area (Å²) < 4.78 is 0. The summed E-state index contributed by atoms with van der Waals surface area (Å²) in [6.07, 6.45) is 5.27. The number of aliphatic imine (C=N–C) groups is 1. The van der Waals surface area contributed by atoms with E-state index in [0.717, 1.165) is 37.9 Å². The van der Waals surface area contributed by atoms with E-state index in [1.54, 1.807) is 0 Å². The van der Waals surface area contributed by atoms with E-state index in [1.165, 1.54) is 0 Å². The smallest absolute Gasteiger partial charge is 0.168 e. The second-order valence-electron chi connectivity index (χ2n) is 5.52. The fourth-order valence-electron chi connectivity index (χ4n) is 2.94. The lowest BCUT2D eigenvalue weighted by atomic mass is 9.80. The summed E-state index contributed by atoms with van der Waals surface area (Å²) in [5, 5.41) is 10.1. The fraction of sp³-hybridized carbons (Fsp3) is 0.733. The van der Waals surface area contributed by atoms with Crippen LogP contribution in [0.2, 0.25) is 0 Å². The van der Waals surface area contributed by atoms with Crippen LogP contribution in [-0.2, 0) is 4.79 Å². The molecule has 0 fully saturated rings. The van der Waals surface area contributed by atoms with Gasteiger partial charge in [-0.15, -0.1) is 0 Å². The topological polar surface area (TPSA) is 49.7 Å². The second-order valence-corrected chi connectivity index (χ2v) is 5.52. The van der Waals surface area contributed by atoms with Crippen LogP contribution >= 0.6 is 0 Å². The Bertz CT molecular complexity index is 395. The monoisotopic (exact) mass is 249 g/mol. The molecular formula is C15H23NO2. The number of carbonyl (C=O) groups excluding carboxylic acids is 1. The van der Waals surface area contributed by atoms with E-state index in [1.807, 2.05) is 0 Å². The van der Waals surface area contributed by atoms with Crippen molar-refractivity contribution in [3.63, 3.8) is 0 Å². The van der Waals surface area contributed by atoms with Crippen LogP contribution in [0.4, 0.5) is 0 Å². The molecule has 0 aromatic carbocycles. The predicted molar refractivity (Wildman–Crippen MR) is 73.0 cm³/mol. The number of Topliss-reactive ketones (excluding diaryl/α,β-unsaturated/α-hetero) is 1. The van der Waals surface area contributed by atoms with E-state index in [-0.39, 0.29) is 11.5 Å². The Hall–Kier alpha value is -1.12. The van der Waals surface area contributed by atoms with E-state index in [4.69, 9.17) is 0 Å². The van der Waals surface area contributed by atoms with Crippen LogP contribution < -0.4 is 0 Å². The van der Waals surface area contributed by atoms with Crippen molar-refractivity contribution >= 4 is 11.5 Å². The Balaban J connectivity index is 2.21. The Kier molecular flexibility index (Phi) is 4.20. The van der Waals surface area contributed by atoms with Crippen molar-refractivity contribution in [1.29, 1.82) is 0 Å². The zero-order valence-electron chi connectivity index (χ0n) is 11.4. The van der Waals surface area contributed by atoms with Gasteiger partial charge in [0.15, 0.2) is 5.78 Å². The van der Waals surface area contributed by atoms with Gasteiger partial charge in [0.1, 0.15) is 5.76 Å². The van der Waals surface area contributed by atoms with Gasteiger partial charge in [0, 0.05) is 25.1 Å². The minimum Gasteiger partial charge on any atom is -0.511 e. The van der Waals surface area contributed by atoms with E-state index in [2.05, 4.69) is 18.8 Å². The third-order valence-electron chi connectivity index (χ3n) is 4.29. The molecule has 0 bridgehead atoms. The molecule has 3 heteroatoms. The molecular weight excluding hydrogens is 226 g/mol. The molecule has 0 radical (unpaired) electrons. The first-order valence-corrected chi connectivity index (χ1v) is 7.14. The van der Waals surface area contributed by atoms with Gasteiger partial charge in [-0.05, 0) is 24.7 Å². The zero-order chi connectivity index (χ0) is 13.1. The number of nitrogens with zero attached hydrogens (tertiary/aromatic N) is 1. The van der Waals surface area contributed by atoms with Gasteiger partial charge in [-0.3, -0.25) is 9.79 Å². The summed E-state index contributed by atoms with van der Waals surface area (Å²) in [5.41, 5.74) is 1.42. The maximum Gasteiger partial charge on any atom is 0.168 e. The average Bonchev–Trinajstić information content (AvgIpc) is 2.38. The molecule has 2 atom stereocenters. The van der Waals surface area contributed by atoms with Gasteiger partial charge in [0.2, 0.25) is 0 Å². The van der Waals surface area contributed by atoms with E-state index >= 15 is 0 Å². The summed E-state index contributed by atoms with van der Waals surface area (Å²) in [6.45, 7) is 5.05. The summed E-state index contributed by atoms with van der Waals surface area (Å²) >= 11 is 0. The van der Waals surface area contributed by atoms with Crippen LogP contribution in [0, 0.1) is 11.8 Å². The molecule has 3 nitrogen and oxygen atoms in total. The molecule has 1 heterocycles. The van der Waals surface area contributed by atoms with Crippen molar-refractivity contribution in [2.24, 2.45) is 16.8 Å². The normalized spacial score (nSPS) is 29.4. The SMILES string of the molecule is CCC1CCN=C(C2=C(O)CC(CC)CC2=O)C1. The molecule has 18 heavy (non-hydrogen) atoms. The van der Waals surface area contributed by atoms with Crippen molar-refractivity contribution < 1.29 is 9.90 Å².